The Morgan fingerprint density at radius 1 is 1.21 bits per heavy atom. The van der Waals surface area contributed by atoms with Gasteiger partial charge in [0, 0.05) is 11.9 Å². The van der Waals surface area contributed by atoms with Gasteiger partial charge in [-0.25, -0.2) is 0 Å². The lowest BCUT2D eigenvalue weighted by molar-refractivity contribution is -0.111. The van der Waals surface area contributed by atoms with Crippen LogP contribution in [0.5, 0.6) is 0 Å². The van der Waals surface area contributed by atoms with Crippen molar-refractivity contribution in [3.8, 4) is 0 Å². The first-order valence-electron chi connectivity index (χ1n) is 4.68. The van der Waals surface area contributed by atoms with Crippen LogP contribution in [0, 0.1) is 0 Å². The molecule has 2 rings (SSSR count). The first kappa shape index (κ1) is 8.88. The SMILES string of the molecule is O=C1C=CC=C1CCc1ccccn1. The Balaban J connectivity index is 1.93. The minimum atomic E-state index is 0.140. The van der Waals surface area contributed by atoms with Crippen molar-refractivity contribution in [1.29, 1.82) is 0 Å². The van der Waals surface area contributed by atoms with Crippen molar-refractivity contribution < 1.29 is 4.79 Å². The van der Waals surface area contributed by atoms with Crippen molar-refractivity contribution in [2.45, 2.75) is 12.8 Å². The lowest BCUT2D eigenvalue weighted by Gasteiger charge is -2.00. The van der Waals surface area contributed by atoms with Gasteiger partial charge < -0.3 is 0 Å². The number of carbonyl (C=O) groups is 1. The highest BCUT2D eigenvalue weighted by Crippen LogP contribution is 2.13. The molecule has 0 radical (unpaired) electrons. The average Bonchev–Trinajstić information content (AvgIpc) is 2.63. The van der Waals surface area contributed by atoms with Crippen LogP contribution in [-0.4, -0.2) is 10.8 Å². The third-order valence-corrected chi connectivity index (χ3v) is 2.24. The summed E-state index contributed by atoms with van der Waals surface area (Å²) in [5, 5.41) is 0. The maximum atomic E-state index is 11.2. The number of hydrogen-bond acceptors (Lipinski definition) is 2. The summed E-state index contributed by atoms with van der Waals surface area (Å²) >= 11 is 0. The molecular weight excluding hydrogens is 174 g/mol. The molecule has 1 aromatic rings. The highest BCUT2D eigenvalue weighted by atomic mass is 16.1. The number of allylic oxidation sites excluding steroid dienone is 4. The van der Waals surface area contributed by atoms with E-state index in [9.17, 15) is 4.79 Å². The minimum Gasteiger partial charge on any atom is -0.290 e. The Labute approximate surface area is 83.0 Å². The molecule has 0 unspecified atom stereocenters. The molecule has 1 heterocycles. The number of aromatic nitrogens is 1. The number of rotatable bonds is 3. The van der Waals surface area contributed by atoms with Crippen molar-refractivity contribution >= 4 is 5.78 Å². The zero-order valence-corrected chi connectivity index (χ0v) is 7.81. The monoisotopic (exact) mass is 185 g/mol. The fourth-order valence-electron chi connectivity index (χ4n) is 1.46. The van der Waals surface area contributed by atoms with Gasteiger partial charge in [-0.3, -0.25) is 9.78 Å². The Morgan fingerprint density at radius 3 is 2.79 bits per heavy atom. The van der Waals surface area contributed by atoms with E-state index >= 15 is 0 Å². The molecule has 0 atom stereocenters. The van der Waals surface area contributed by atoms with Crippen molar-refractivity contribution in [3.63, 3.8) is 0 Å². The van der Waals surface area contributed by atoms with Gasteiger partial charge >= 0.3 is 0 Å². The van der Waals surface area contributed by atoms with Gasteiger partial charge in [-0.15, -0.1) is 0 Å². The number of aryl methyl sites for hydroxylation is 1. The Hall–Kier alpha value is -1.70. The zero-order chi connectivity index (χ0) is 9.80. The molecule has 0 aromatic carbocycles. The summed E-state index contributed by atoms with van der Waals surface area (Å²) in [6, 6.07) is 5.84. The maximum absolute atomic E-state index is 11.2. The summed E-state index contributed by atoms with van der Waals surface area (Å²) in [6.45, 7) is 0. The first-order chi connectivity index (χ1) is 6.86. The zero-order valence-electron chi connectivity index (χ0n) is 7.81. The van der Waals surface area contributed by atoms with Crippen LogP contribution in [0.3, 0.4) is 0 Å². The molecule has 0 spiro atoms. The molecule has 1 aliphatic carbocycles. The normalized spacial score (nSPS) is 14.6. The smallest absolute Gasteiger partial charge is 0.181 e. The van der Waals surface area contributed by atoms with Crippen molar-refractivity contribution in [3.05, 3.63) is 53.9 Å². The summed E-state index contributed by atoms with van der Waals surface area (Å²) in [6.07, 6.45) is 8.68. The molecule has 0 saturated carbocycles. The van der Waals surface area contributed by atoms with E-state index in [0.717, 1.165) is 24.1 Å². The van der Waals surface area contributed by atoms with Crippen LogP contribution in [0.4, 0.5) is 0 Å². The van der Waals surface area contributed by atoms with Gasteiger partial charge in [-0.05, 0) is 36.6 Å². The molecule has 0 aliphatic heterocycles. The third kappa shape index (κ3) is 1.96. The molecule has 0 saturated heterocycles. The van der Waals surface area contributed by atoms with E-state index in [1.807, 2.05) is 24.3 Å². The number of pyridine rings is 1. The summed E-state index contributed by atoms with van der Waals surface area (Å²) in [4.78, 5) is 15.4. The highest BCUT2D eigenvalue weighted by Gasteiger charge is 2.09. The standard InChI is InChI=1S/C12H11NO/c14-12-6-3-4-10(12)7-8-11-5-1-2-9-13-11/h1-6,9H,7-8H2. The predicted octanol–water partition coefficient (Wildman–Crippen LogP) is 2.08. The molecule has 0 bridgehead atoms. The second kappa shape index (κ2) is 4.01. The van der Waals surface area contributed by atoms with Gasteiger partial charge in [0.05, 0.1) is 0 Å². The molecule has 70 valence electrons. The van der Waals surface area contributed by atoms with Crippen LogP contribution in [0.25, 0.3) is 0 Å². The van der Waals surface area contributed by atoms with Crippen LogP contribution in [0.2, 0.25) is 0 Å². The van der Waals surface area contributed by atoms with Crippen LogP contribution in [-0.2, 0) is 11.2 Å². The van der Waals surface area contributed by atoms with E-state index in [1.54, 1.807) is 18.3 Å². The highest BCUT2D eigenvalue weighted by molar-refractivity contribution is 6.06. The molecular formula is C12H11NO. The van der Waals surface area contributed by atoms with E-state index in [4.69, 9.17) is 0 Å². The number of carbonyl (C=O) groups excluding carboxylic acids is 1. The molecule has 2 heteroatoms. The topological polar surface area (TPSA) is 30.0 Å². The van der Waals surface area contributed by atoms with Crippen molar-refractivity contribution in [1.82, 2.24) is 4.98 Å². The van der Waals surface area contributed by atoms with Crippen molar-refractivity contribution in [2.24, 2.45) is 0 Å². The summed E-state index contributed by atoms with van der Waals surface area (Å²) < 4.78 is 0. The lowest BCUT2D eigenvalue weighted by atomic mass is 10.1. The van der Waals surface area contributed by atoms with Crippen LogP contribution in [0.1, 0.15) is 12.1 Å². The molecule has 1 aliphatic rings. The predicted molar refractivity (Wildman–Crippen MR) is 54.8 cm³/mol. The minimum absolute atomic E-state index is 0.140. The van der Waals surface area contributed by atoms with E-state index in [1.165, 1.54) is 0 Å². The van der Waals surface area contributed by atoms with Crippen molar-refractivity contribution in [2.75, 3.05) is 0 Å². The van der Waals surface area contributed by atoms with Gasteiger partial charge in [0.25, 0.3) is 0 Å². The van der Waals surface area contributed by atoms with E-state index < -0.39 is 0 Å². The number of ketones is 1. The summed E-state index contributed by atoms with van der Waals surface area (Å²) in [5.41, 5.74) is 1.92. The van der Waals surface area contributed by atoms with Gasteiger partial charge in [0.2, 0.25) is 0 Å². The molecule has 1 aromatic heterocycles. The number of hydrogen-bond donors (Lipinski definition) is 0. The fourth-order valence-corrected chi connectivity index (χ4v) is 1.46. The summed E-state index contributed by atoms with van der Waals surface area (Å²) in [7, 11) is 0. The third-order valence-electron chi connectivity index (χ3n) is 2.24. The lowest BCUT2D eigenvalue weighted by Crippen LogP contribution is -1.97. The van der Waals surface area contributed by atoms with Gasteiger partial charge in [-0.2, -0.15) is 0 Å². The Bertz CT molecular complexity index is 390. The largest absolute Gasteiger partial charge is 0.290 e. The quantitative estimate of drug-likeness (QED) is 0.721. The number of nitrogens with zero attached hydrogens (tertiary/aromatic N) is 1. The second-order valence-electron chi connectivity index (χ2n) is 3.24. The Morgan fingerprint density at radius 2 is 2.14 bits per heavy atom. The maximum Gasteiger partial charge on any atom is 0.181 e. The Kier molecular flexibility index (Phi) is 2.54. The van der Waals surface area contributed by atoms with Gasteiger partial charge in [-0.1, -0.05) is 18.2 Å². The fraction of sp³-hybridized carbons (Fsp3) is 0.167. The molecule has 0 fully saturated rings. The van der Waals surface area contributed by atoms with E-state index in [-0.39, 0.29) is 5.78 Å². The summed E-state index contributed by atoms with van der Waals surface area (Å²) in [5.74, 6) is 0.140. The van der Waals surface area contributed by atoms with Crippen LogP contribution < -0.4 is 0 Å². The van der Waals surface area contributed by atoms with E-state index in [0.29, 0.717) is 0 Å². The molecule has 14 heavy (non-hydrogen) atoms. The molecule has 2 nitrogen and oxygen atoms in total. The van der Waals surface area contributed by atoms with Crippen LogP contribution >= 0.6 is 0 Å². The van der Waals surface area contributed by atoms with Gasteiger partial charge in [0.1, 0.15) is 0 Å². The second-order valence-corrected chi connectivity index (χ2v) is 3.24. The van der Waals surface area contributed by atoms with Crippen LogP contribution in [0.15, 0.2) is 48.2 Å². The van der Waals surface area contributed by atoms with E-state index in [2.05, 4.69) is 4.98 Å². The first-order valence-corrected chi connectivity index (χ1v) is 4.68. The molecule has 0 N–H and O–H groups in total. The van der Waals surface area contributed by atoms with Gasteiger partial charge in [0.15, 0.2) is 5.78 Å². The average molecular weight is 185 g/mol. The molecule has 0 amide bonds.